The van der Waals surface area contributed by atoms with Crippen LogP contribution in [0.4, 0.5) is 10.5 Å². The first kappa shape index (κ1) is 18.8. The lowest BCUT2D eigenvalue weighted by Crippen LogP contribution is -2.41. The molecule has 0 aliphatic heterocycles. The van der Waals surface area contributed by atoms with E-state index >= 15 is 0 Å². The number of carbonyl (C=O) groups is 1. The number of benzene rings is 1. The number of amides is 2. The van der Waals surface area contributed by atoms with Crippen molar-refractivity contribution in [1.29, 1.82) is 0 Å². The predicted octanol–water partition coefficient (Wildman–Crippen LogP) is 3.61. The smallest absolute Gasteiger partial charge is 0.319 e. The number of aromatic nitrogens is 1. The summed E-state index contributed by atoms with van der Waals surface area (Å²) in [5.74, 6) is 1.87. The summed E-state index contributed by atoms with van der Waals surface area (Å²) in [5, 5.41) is 5.86. The third-order valence-corrected chi connectivity index (χ3v) is 4.59. The Kier molecular flexibility index (Phi) is 6.35. The molecule has 1 aromatic carbocycles. The molecule has 3 rings (SSSR count). The van der Waals surface area contributed by atoms with E-state index in [4.69, 9.17) is 14.2 Å². The first-order valence-corrected chi connectivity index (χ1v) is 9.05. The lowest BCUT2D eigenvalue weighted by atomic mass is 9.93. The zero-order chi connectivity index (χ0) is 19.1. The van der Waals surface area contributed by atoms with Crippen molar-refractivity contribution in [3.63, 3.8) is 0 Å². The Bertz CT molecular complexity index is 746. The summed E-state index contributed by atoms with van der Waals surface area (Å²) in [6.45, 7) is 0. The fraction of sp³-hybridized carbons (Fsp3) is 0.400. The van der Waals surface area contributed by atoms with Gasteiger partial charge in [-0.1, -0.05) is 6.07 Å². The summed E-state index contributed by atoms with van der Waals surface area (Å²) in [6.07, 6.45) is 5.36. The van der Waals surface area contributed by atoms with Crippen LogP contribution in [0, 0.1) is 0 Å². The maximum Gasteiger partial charge on any atom is 0.319 e. The monoisotopic (exact) mass is 371 g/mol. The molecule has 27 heavy (non-hydrogen) atoms. The molecule has 2 amide bonds. The highest BCUT2D eigenvalue weighted by Gasteiger charge is 2.24. The molecule has 0 bridgehead atoms. The Morgan fingerprint density at radius 2 is 1.89 bits per heavy atom. The predicted molar refractivity (Wildman–Crippen MR) is 103 cm³/mol. The second-order valence-corrected chi connectivity index (χ2v) is 6.42. The van der Waals surface area contributed by atoms with Crippen LogP contribution in [-0.2, 0) is 0 Å². The Labute approximate surface area is 159 Å². The average molecular weight is 371 g/mol. The van der Waals surface area contributed by atoms with Gasteiger partial charge in [0.25, 0.3) is 0 Å². The zero-order valence-corrected chi connectivity index (χ0v) is 15.6. The number of nitrogens with one attached hydrogen (secondary N) is 2. The molecule has 1 aromatic heterocycles. The first-order valence-electron chi connectivity index (χ1n) is 9.05. The Morgan fingerprint density at radius 1 is 1.07 bits per heavy atom. The highest BCUT2D eigenvalue weighted by atomic mass is 16.5. The van der Waals surface area contributed by atoms with Crippen LogP contribution in [-0.4, -0.2) is 37.4 Å². The summed E-state index contributed by atoms with van der Waals surface area (Å²) < 4.78 is 16.4. The molecular weight excluding hydrogens is 346 g/mol. The molecular formula is C20H25N3O4. The summed E-state index contributed by atoms with van der Waals surface area (Å²) in [4.78, 5) is 16.5. The van der Waals surface area contributed by atoms with Crippen LogP contribution in [0.2, 0.25) is 0 Å². The van der Waals surface area contributed by atoms with E-state index in [9.17, 15) is 4.79 Å². The molecule has 1 saturated carbocycles. The fourth-order valence-corrected chi connectivity index (χ4v) is 3.16. The molecule has 1 aliphatic carbocycles. The van der Waals surface area contributed by atoms with Gasteiger partial charge >= 0.3 is 6.03 Å². The Balaban J connectivity index is 1.47. The number of nitrogens with zero attached hydrogens (tertiary/aromatic N) is 1. The molecule has 2 aromatic rings. The van der Waals surface area contributed by atoms with Crippen molar-refractivity contribution in [3.8, 4) is 17.4 Å². The SMILES string of the molecule is COc1ccc(NC(=O)NC2CCC(Oc3ccccn3)CC2)c(OC)c1. The molecule has 0 spiro atoms. The highest BCUT2D eigenvalue weighted by molar-refractivity contribution is 5.91. The summed E-state index contributed by atoms with van der Waals surface area (Å²) in [5.41, 5.74) is 0.600. The van der Waals surface area contributed by atoms with Crippen LogP contribution in [0.25, 0.3) is 0 Å². The van der Waals surface area contributed by atoms with Gasteiger partial charge < -0.3 is 24.8 Å². The Hall–Kier alpha value is -2.96. The third-order valence-electron chi connectivity index (χ3n) is 4.59. The van der Waals surface area contributed by atoms with Gasteiger partial charge in [0.15, 0.2) is 0 Å². The number of urea groups is 1. The average Bonchev–Trinajstić information content (AvgIpc) is 2.70. The number of hydrogen-bond donors (Lipinski definition) is 2. The van der Waals surface area contributed by atoms with Gasteiger partial charge in [0, 0.05) is 24.4 Å². The van der Waals surface area contributed by atoms with Crippen molar-refractivity contribution in [3.05, 3.63) is 42.6 Å². The number of rotatable bonds is 6. The van der Waals surface area contributed by atoms with Crippen molar-refractivity contribution in [2.75, 3.05) is 19.5 Å². The minimum absolute atomic E-state index is 0.123. The van der Waals surface area contributed by atoms with E-state index in [1.165, 1.54) is 0 Å². The maximum absolute atomic E-state index is 12.3. The van der Waals surface area contributed by atoms with Crippen LogP contribution >= 0.6 is 0 Å². The van der Waals surface area contributed by atoms with Gasteiger partial charge in [0.2, 0.25) is 5.88 Å². The maximum atomic E-state index is 12.3. The van der Waals surface area contributed by atoms with E-state index in [1.807, 2.05) is 18.2 Å². The van der Waals surface area contributed by atoms with Crippen molar-refractivity contribution in [1.82, 2.24) is 10.3 Å². The molecule has 144 valence electrons. The minimum atomic E-state index is -0.243. The lowest BCUT2D eigenvalue weighted by molar-refractivity contribution is 0.135. The molecule has 0 unspecified atom stereocenters. The Morgan fingerprint density at radius 3 is 2.56 bits per heavy atom. The van der Waals surface area contributed by atoms with Crippen molar-refractivity contribution >= 4 is 11.7 Å². The molecule has 0 saturated heterocycles. The van der Waals surface area contributed by atoms with Gasteiger partial charge in [0.05, 0.1) is 19.9 Å². The lowest BCUT2D eigenvalue weighted by Gasteiger charge is -2.29. The largest absolute Gasteiger partial charge is 0.497 e. The van der Waals surface area contributed by atoms with Gasteiger partial charge in [-0.15, -0.1) is 0 Å². The molecule has 1 aliphatic rings. The van der Waals surface area contributed by atoms with Gasteiger partial charge in [-0.3, -0.25) is 0 Å². The molecule has 1 heterocycles. The number of pyridine rings is 1. The van der Waals surface area contributed by atoms with E-state index in [0.717, 1.165) is 25.7 Å². The van der Waals surface area contributed by atoms with Gasteiger partial charge in [-0.2, -0.15) is 0 Å². The van der Waals surface area contributed by atoms with E-state index in [0.29, 0.717) is 23.1 Å². The van der Waals surface area contributed by atoms with Gasteiger partial charge in [-0.25, -0.2) is 9.78 Å². The molecule has 7 nitrogen and oxygen atoms in total. The number of hydrogen-bond acceptors (Lipinski definition) is 5. The molecule has 2 N–H and O–H groups in total. The van der Waals surface area contributed by atoms with Crippen LogP contribution in [0.5, 0.6) is 17.4 Å². The molecule has 7 heteroatoms. The van der Waals surface area contributed by atoms with E-state index in [-0.39, 0.29) is 18.2 Å². The standard InChI is InChI=1S/C20H25N3O4/c1-25-16-10-11-17(18(13-16)26-2)23-20(24)22-14-6-8-15(9-7-14)27-19-5-3-4-12-21-19/h3-5,10-15H,6-9H2,1-2H3,(H2,22,23,24). The molecule has 0 radical (unpaired) electrons. The number of ether oxygens (including phenoxy) is 3. The zero-order valence-electron chi connectivity index (χ0n) is 15.6. The van der Waals surface area contributed by atoms with E-state index in [1.54, 1.807) is 38.6 Å². The molecule has 0 atom stereocenters. The van der Waals surface area contributed by atoms with Crippen LogP contribution in [0.15, 0.2) is 42.6 Å². The number of methoxy groups -OCH3 is 2. The summed E-state index contributed by atoms with van der Waals surface area (Å²) in [6, 6.07) is 10.8. The second-order valence-electron chi connectivity index (χ2n) is 6.42. The van der Waals surface area contributed by atoms with E-state index in [2.05, 4.69) is 15.6 Å². The van der Waals surface area contributed by atoms with E-state index < -0.39 is 0 Å². The fourth-order valence-electron chi connectivity index (χ4n) is 3.16. The van der Waals surface area contributed by atoms with Crippen LogP contribution < -0.4 is 24.8 Å². The number of anilines is 1. The van der Waals surface area contributed by atoms with Crippen LogP contribution in [0.1, 0.15) is 25.7 Å². The third kappa shape index (κ3) is 5.26. The first-order chi connectivity index (χ1) is 13.2. The highest BCUT2D eigenvalue weighted by Crippen LogP contribution is 2.29. The topological polar surface area (TPSA) is 81.7 Å². The van der Waals surface area contributed by atoms with Gasteiger partial charge in [-0.05, 0) is 43.9 Å². The summed E-state index contributed by atoms with van der Waals surface area (Å²) >= 11 is 0. The number of carbonyl (C=O) groups excluding carboxylic acids is 1. The second kappa shape index (κ2) is 9.12. The van der Waals surface area contributed by atoms with Crippen LogP contribution in [0.3, 0.4) is 0 Å². The van der Waals surface area contributed by atoms with Crippen molar-refractivity contribution in [2.24, 2.45) is 0 Å². The van der Waals surface area contributed by atoms with Gasteiger partial charge in [0.1, 0.15) is 17.6 Å². The van der Waals surface area contributed by atoms with Crippen molar-refractivity contribution < 1.29 is 19.0 Å². The summed E-state index contributed by atoms with van der Waals surface area (Å²) in [7, 11) is 3.14. The van der Waals surface area contributed by atoms with Crippen molar-refractivity contribution in [2.45, 2.75) is 37.8 Å². The normalized spacial score (nSPS) is 19.0. The quantitative estimate of drug-likeness (QED) is 0.811. The minimum Gasteiger partial charge on any atom is -0.497 e. The molecule has 1 fully saturated rings.